The number of carbonyl (C=O) groups excluding carboxylic acids is 1. The van der Waals surface area contributed by atoms with Crippen LogP contribution in [-0.2, 0) is 12.8 Å². The van der Waals surface area contributed by atoms with Crippen molar-refractivity contribution in [3.63, 3.8) is 0 Å². The summed E-state index contributed by atoms with van der Waals surface area (Å²) in [4.78, 5) is 27.3. The van der Waals surface area contributed by atoms with Crippen LogP contribution in [0.1, 0.15) is 44.3 Å². The molecule has 0 fully saturated rings. The lowest BCUT2D eigenvalue weighted by Gasteiger charge is -2.08. The highest BCUT2D eigenvalue weighted by atomic mass is 32.2. The van der Waals surface area contributed by atoms with Gasteiger partial charge < -0.3 is 0 Å². The third-order valence-corrected chi connectivity index (χ3v) is 7.42. The topological polar surface area (TPSA) is 78.0 Å². The molecule has 6 nitrogen and oxygen atoms in total. The third kappa shape index (κ3) is 3.49. The van der Waals surface area contributed by atoms with Crippen LogP contribution in [0.4, 0.5) is 5.69 Å². The highest BCUT2D eigenvalue weighted by molar-refractivity contribution is 7.99. The lowest BCUT2D eigenvalue weighted by Crippen LogP contribution is -2.14. The second kappa shape index (κ2) is 7.52. The van der Waals surface area contributed by atoms with Gasteiger partial charge in [0, 0.05) is 21.9 Å². The van der Waals surface area contributed by atoms with E-state index in [4.69, 9.17) is 0 Å². The normalized spacial score (nSPS) is 13.4. The standard InChI is InChI=1S/C20H19N3O3S2/c1-12-19(27-16-9-7-15(8-10-16)23(25)26)13(2)22(21-12)20(24)18-11-14-5-3-4-6-17(14)28-18/h7-11H,3-6H2,1-2H3. The van der Waals surface area contributed by atoms with Crippen LogP contribution in [0, 0.1) is 24.0 Å². The molecule has 1 aromatic carbocycles. The van der Waals surface area contributed by atoms with Crippen molar-refractivity contribution in [3.05, 3.63) is 67.2 Å². The van der Waals surface area contributed by atoms with Crippen LogP contribution in [0.15, 0.2) is 40.1 Å². The molecule has 8 heteroatoms. The van der Waals surface area contributed by atoms with Crippen molar-refractivity contribution in [3.8, 4) is 0 Å². The average molecular weight is 414 g/mol. The van der Waals surface area contributed by atoms with E-state index in [-0.39, 0.29) is 11.6 Å². The van der Waals surface area contributed by atoms with E-state index in [9.17, 15) is 14.9 Å². The number of hydrogen-bond acceptors (Lipinski definition) is 6. The molecular weight excluding hydrogens is 394 g/mol. The predicted molar refractivity (Wildman–Crippen MR) is 110 cm³/mol. The molecule has 3 aromatic rings. The minimum atomic E-state index is -0.414. The Labute approximate surface area is 170 Å². The second-order valence-corrected chi connectivity index (χ2v) is 9.06. The zero-order valence-corrected chi connectivity index (χ0v) is 17.2. The van der Waals surface area contributed by atoms with Crippen LogP contribution in [0.25, 0.3) is 0 Å². The number of thiophene rings is 1. The maximum absolute atomic E-state index is 13.0. The van der Waals surface area contributed by atoms with Crippen LogP contribution in [0.3, 0.4) is 0 Å². The second-order valence-electron chi connectivity index (χ2n) is 6.84. The minimum absolute atomic E-state index is 0.0605. The minimum Gasteiger partial charge on any atom is -0.266 e. The molecule has 1 aliphatic carbocycles. The number of rotatable bonds is 4. The van der Waals surface area contributed by atoms with Gasteiger partial charge in [-0.2, -0.15) is 9.78 Å². The lowest BCUT2D eigenvalue weighted by molar-refractivity contribution is -0.384. The zero-order valence-electron chi connectivity index (χ0n) is 15.6. The van der Waals surface area contributed by atoms with E-state index in [2.05, 4.69) is 5.10 Å². The fourth-order valence-corrected chi connectivity index (χ4v) is 5.54. The molecule has 28 heavy (non-hydrogen) atoms. The first-order valence-corrected chi connectivity index (χ1v) is 10.7. The Morgan fingerprint density at radius 1 is 1.21 bits per heavy atom. The number of hydrogen-bond donors (Lipinski definition) is 0. The fourth-order valence-electron chi connectivity index (χ4n) is 3.43. The van der Waals surface area contributed by atoms with Gasteiger partial charge in [0.15, 0.2) is 0 Å². The summed E-state index contributed by atoms with van der Waals surface area (Å²) in [6, 6.07) is 8.43. The summed E-state index contributed by atoms with van der Waals surface area (Å²) < 4.78 is 1.49. The van der Waals surface area contributed by atoms with Gasteiger partial charge in [0.1, 0.15) is 0 Å². The summed E-state index contributed by atoms with van der Waals surface area (Å²) >= 11 is 3.06. The number of nitro groups is 1. The molecule has 2 aromatic heterocycles. The predicted octanol–water partition coefficient (Wildman–Crippen LogP) is 5.19. The smallest absolute Gasteiger partial charge is 0.266 e. The summed E-state index contributed by atoms with van der Waals surface area (Å²) in [6.07, 6.45) is 4.49. The summed E-state index contributed by atoms with van der Waals surface area (Å²) in [5.41, 5.74) is 2.93. The van der Waals surface area contributed by atoms with E-state index in [1.54, 1.807) is 23.5 Å². The number of nitro benzene ring substituents is 1. The largest absolute Gasteiger partial charge is 0.288 e. The number of carbonyl (C=O) groups is 1. The molecule has 2 heterocycles. The maximum Gasteiger partial charge on any atom is 0.288 e. The summed E-state index contributed by atoms with van der Waals surface area (Å²) in [6.45, 7) is 3.77. The van der Waals surface area contributed by atoms with Gasteiger partial charge in [0.2, 0.25) is 0 Å². The van der Waals surface area contributed by atoms with E-state index in [1.165, 1.54) is 51.9 Å². The molecule has 0 saturated heterocycles. The summed E-state index contributed by atoms with van der Waals surface area (Å²) in [5, 5.41) is 15.3. The van der Waals surface area contributed by atoms with Crippen molar-refractivity contribution in [1.82, 2.24) is 9.78 Å². The molecule has 0 N–H and O–H groups in total. The SMILES string of the molecule is Cc1nn(C(=O)c2cc3c(s2)CCCC3)c(C)c1Sc1ccc([N+](=O)[O-])cc1. The molecule has 0 radical (unpaired) electrons. The molecule has 0 spiro atoms. The third-order valence-electron chi connectivity index (χ3n) is 4.89. The van der Waals surface area contributed by atoms with Crippen molar-refractivity contribution < 1.29 is 9.72 Å². The van der Waals surface area contributed by atoms with Crippen LogP contribution < -0.4 is 0 Å². The van der Waals surface area contributed by atoms with Crippen molar-refractivity contribution in [2.45, 2.75) is 49.3 Å². The molecule has 4 rings (SSSR count). The lowest BCUT2D eigenvalue weighted by atomic mass is 9.99. The van der Waals surface area contributed by atoms with Crippen LogP contribution in [0.5, 0.6) is 0 Å². The molecule has 0 bridgehead atoms. The van der Waals surface area contributed by atoms with Crippen molar-refractivity contribution >= 4 is 34.7 Å². The van der Waals surface area contributed by atoms with Gasteiger partial charge in [-0.15, -0.1) is 11.3 Å². The highest BCUT2D eigenvalue weighted by Crippen LogP contribution is 2.35. The first-order valence-electron chi connectivity index (χ1n) is 9.09. The Balaban J connectivity index is 1.60. The molecule has 0 amide bonds. The van der Waals surface area contributed by atoms with E-state index >= 15 is 0 Å². The maximum atomic E-state index is 13.0. The van der Waals surface area contributed by atoms with Gasteiger partial charge in [0.25, 0.3) is 11.6 Å². The van der Waals surface area contributed by atoms with Crippen molar-refractivity contribution in [1.29, 1.82) is 0 Å². The van der Waals surface area contributed by atoms with E-state index < -0.39 is 4.92 Å². The van der Waals surface area contributed by atoms with E-state index in [0.29, 0.717) is 0 Å². The fraction of sp³-hybridized carbons (Fsp3) is 0.300. The Kier molecular flexibility index (Phi) is 5.07. The number of aryl methyl sites for hydroxylation is 3. The molecule has 144 valence electrons. The Hall–Kier alpha value is -2.45. The summed E-state index contributed by atoms with van der Waals surface area (Å²) in [7, 11) is 0. The van der Waals surface area contributed by atoms with E-state index in [1.807, 2.05) is 19.9 Å². The van der Waals surface area contributed by atoms with Gasteiger partial charge >= 0.3 is 0 Å². The Morgan fingerprint density at radius 3 is 2.61 bits per heavy atom. The van der Waals surface area contributed by atoms with Gasteiger partial charge in [-0.25, -0.2) is 0 Å². The number of benzene rings is 1. The monoisotopic (exact) mass is 413 g/mol. The molecule has 0 aliphatic heterocycles. The molecule has 0 saturated carbocycles. The molecular formula is C20H19N3O3S2. The Bertz CT molecular complexity index is 1040. The number of fused-ring (bicyclic) bond motifs is 1. The quantitative estimate of drug-likeness (QED) is 0.434. The van der Waals surface area contributed by atoms with E-state index in [0.717, 1.165) is 38.9 Å². The number of nitrogens with zero attached hydrogens (tertiary/aromatic N) is 3. The summed E-state index contributed by atoms with van der Waals surface area (Å²) in [5.74, 6) is -0.0875. The first kappa shape index (κ1) is 18.9. The van der Waals surface area contributed by atoms with Crippen LogP contribution >= 0.6 is 23.1 Å². The van der Waals surface area contributed by atoms with Gasteiger partial charge in [-0.05, 0) is 63.3 Å². The average Bonchev–Trinajstić information content (AvgIpc) is 3.24. The number of aromatic nitrogens is 2. The van der Waals surface area contributed by atoms with Crippen molar-refractivity contribution in [2.75, 3.05) is 0 Å². The molecule has 1 aliphatic rings. The van der Waals surface area contributed by atoms with Crippen molar-refractivity contribution in [2.24, 2.45) is 0 Å². The van der Waals surface area contributed by atoms with Gasteiger partial charge in [0.05, 0.1) is 26.1 Å². The van der Waals surface area contributed by atoms with Crippen LogP contribution in [-0.4, -0.2) is 20.6 Å². The highest BCUT2D eigenvalue weighted by Gasteiger charge is 2.23. The Morgan fingerprint density at radius 2 is 1.93 bits per heavy atom. The first-order chi connectivity index (χ1) is 13.4. The number of non-ortho nitro benzene ring substituents is 1. The molecule has 0 unspecified atom stereocenters. The van der Waals surface area contributed by atoms with Gasteiger partial charge in [-0.1, -0.05) is 11.8 Å². The van der Waals surface area contributed by atoms with Gasteiger partial charge in [-0.3, -0.25) is 14.9 Å². The zero-order chi connectivity index (χ0) is 19.8. The van der Waals surface area contributed by atoms with Crippen LogP contribution in [0.2, 0.25) is 0 Å². The molecule has 0 atom stereocenters.